The summed E-state index contributed by atoms with van der Waals surface area (Å²) in [6.45, 7) is 5.68. The van der Waals surface area contributed by atoms with Crippen molar-refractivity contribution in [3.05, 3.63) is 0 Å². The van der Waals surface area contributed by atoms with Crippen LogP contribution in [-0.4, -0.2) is 35.5 Å². The summed E-state index contributed by atoms with van der Waals surface area (Å²) in [4.78, 5) is 24.5. The lowest BCUT2D eigenvalue weighted by molar-refractivity contribution is -0.131. The number of amides is 1. The van der Waals surface area contributed by atoms with Crippen LogP contribution in [0.1, 0.15) is 71.6 Å². The van der Waals surface area contributed by atoms with Crippen LogP contribution in [0.2, 0.25) is 0 Å². The van der Waals surface area contributed by atoms with Crippen molar-refractivity contribution >= 4 is 11.7 Å². The van der Waals surface area contributed by atoms with Gasteiger partial charge in [0.1, 0.15) is 11.9 Å². The zero-order valence-electron chi connectivity index (χ0n) is 16.2. The quantitative estimate of drug-likeness (QED) is 0.647. The Morgan fingerprint density at radius 3 is 2.35 bits per heavy atom. The molecule has 3 aliphatic carbocycles. The molecule has 4 fully saturated rings. The molecule has 0 radical (unpaired) electrons. The first-order chi connectivity index (χ1) is 12.2. The minimum absolute atomic E-state index is 0.127. The summed E-state index contributed by atoms with van der Waals surface area (Å²) in [6, 6.07) is -0.127. The van der Waals surface area contributed by atoms with E-state index in [-0.39, 0.29) is 29.6 Å². The van der Waals surface area contributed by atoms with Crippen molar-refractivity contribution in [2.75, 3.05) is 6.54 Å². The molecule has 5 nitrogen and oxygen atoms in total. The van der Waals surface area contributed by atoms with E-state index in [4.69, 9.17) is 5.73 Å². The van der Waals surface area contributed by atoms with E-state index < -0.39 is 12.0 Å². The van der Waals surface area contributed by atoms with E-state index in [0.29, 0.717) is 16.7 Å². The highest BCUT2D eigenvalue weighted by molar-refractivity contribution is 5.86. The number of fused-ring (bicyclic) bond motifs is 1. The maximum absolute atomic E-state index is 13.0. The second kappa shape index (κ2) is 6.03. The number of nitrogens with two attached hydrogens (primary N) is 1. The lowest BCUT2D eigenvalue weighted by Crippen LogP contribution is -2.40. The molecule has 0 aromatic rings. The molecule has 0 aromatic heterocycles. The van der Waals surface area contributed by atoms with Crippen LogP contribution in [0.4, 0.5) is 0 Å². The van der Waals surface area contributed by atoms with Crippen LogP contribution in [0.15, 0.2) is 0 Å². The number of ketones is 1. The molecule has 3 saturated carbocycles. The van der Waals surface area contributed by atoms with Gasteiger partial charge in [-0.25, -0.2) is 0 Å². The number of carbonyl (C=O) groups excluding carboxylic acids is 2. The van der Waals surface area contributed by atoms with Crippen molar-refractivity contribution in [3.8, 4) is 0 Å². The van der Waals surface area contributed by atoms with E-state index in [9.17, 15) is 14.7 Å². The van der Waals surface area contributed by atoms with Gasteiger partial charge in [0.05, 0.1) is 6.04 Å². The van der Waals surface area contributed by atoms with Gasteiger partial charge in [-0.2, -0.15) is 0 Å². The van der Waals surface area contributed by atoms with Gasteiger partial charge in [0.15, 0.2) is 0 Å². The summed E-state index contributed by atoms with van der Waals surface area (Å²) in [5.41, 5.74) is 6.37. The number of hydrogen-bond donors (Lipinski definition) is 3. The zero-order valence-corrected chi connectivity index (χ0v) is 16.2. The van der Waals surface area contributed by atoms with Crippen molar-refractivity contribution in [2.24, 2.45) is 33.8 Å². The number of hydrogen-bond acceptors (Lipinski definition) is 4. The van der Waals surface area contributed by atoms with E-state index in [1.807, 2.05) is 0 Å². The lowest BCUT2D eigenvalue weighted by Gasteiger charge is -2.32. The van der Waals surface area contributed by atoms with Crippen LogP contribution in [-0.2, 0) is 9.59 Å². The SMILES string of the molecule is CC1(C)C2(CCC2)[C@]12CN[C@H](C(=O)CC(CC1CCC1)C(O)C(N)=O)C2. The number of carbonyl (C=O) groups is 2. The maximum atomic E-state index is 13.0. The Labute approximate surface area is 156 Å². The molecule has 5 heteroatoms. The van der Waals surface area contributed by atoms with Crippen LogP contribution < -0.4 is 11.1 Å². The molecule has 2 unspecified atom stereocenters. The Morgan fingerprint density at radius 2 is 1.88 bits per heavy atom. The van der Waals surface area contributed by atoms with Gasteiger partial charge in [-0.3, -0.25) is 9.59 Å². The molecule has 4 atom stereocenters. The number of aliphatic hydroxyl groups excluding tert-OH is 1. The first-order valence-corrected chi connectivity index (χ1v) is 10.5. The third kappa shape index (κ3) is 2.35. The summed E-state index contributed by atoms with van der Waals surface area (Å²) < 4.78 is 0. The predicted molar refractivity (Wildman–Crippen MR) is 99.2 cm³/mol. The van der Waals surface area contributed by atoms with Crippen molar-refractivity contribution in [1.29, 1.82) is 0 Å². The highest BCUT2D eigenvalue weighted by atomic mass is 16.3. The maximum Gasteiger partial charge on any atom is 0.246 e. The monoisotopic (exact) mass is 362 g/mol. The Bertz CT molecular complexity index is 608. The first-order valence-electron chi connectivity index (χ1n) is 10.5. The standard InChI is InChI=1S/C21H34N2O3/c1-19(2)20(7-4-8-20)21(19)11-15(23-12-21)16(24)10-14(17(25)18(22)26)9-13-5-3-6-13/h13-15,17,23,25H,3-12H2,1-2H3,(H2,22,26)/t14?,15-,17?,21+/m0/s1. The summed E-state index contributed by atoms with van der Waals surface area (Å²) in [6.07, 6.45) is 8.12. The van der Waals surface area contributed by atoms with E-state index in [0.717, 1.165) is 32.2 Å². The molecule has 146 valence electrons. The van der Waals surface area contributed by atoms with Gasteiger partial charge in [0, 0.05) is 18.9 Å². The fourth-order valence-corrected chi connectivity index (χ4v) is 6.86. The molecular weight excluding hydrogens is 328 g/mol. The fraction of sp³-hybridized carbons (Fsp3) is 0.905. The Morgan fingerprint density at radius 1 is 1.19 bits per heavy atom. The first kappa shape index (κ1) is 18.4. The van der Waals surface area contributed by atoms with Crippen LogP contribution >= 0.6 is 0 Å². The molecule has 0 aromatic carbocycles. The highest BCUT2D eigenvalue weighted by Crippen LogP contribution is 2.87. The van der Waals surface area contributed by atoms with Gasteiger partial charge >= 0.3 is 0 Å². The van der Waals surface area contributed by atoms with Crippen LogP contribution in [0.3, 0.4) is 0 Å². The largest absolute Gasteiger partial charge is 0.383 e. The minimum atomic E-state index is -1.20. The smallest absolute Gasteiger partial charge is 0.246 e. The molecule has 1 saturated heterocycles. The van der Waals surface area contributed by atoms with Crippen molar-refractivity contribution in [1.82, 2.24) is 5.32 Å². The molecule has 2 spiro atoms. The number of Topliss-reactive ketones (excluding diaryl/α,β-unsaturated/α-hetero) is 1. The Balaban J connectivity index is 1.40. The lowest BCUT2D eigenvalue weighted by atomic mass is 9.73. The fourth-order valence-electron chi connectivity index (χ4n) is 6.86. The average molecular weight is 363 g/mol. The van der Waals surface area contributed by atoms with Gasteiger partial charge in [0.25, 0.3) is 0 Å². The summed E-state index contributed by atoms with van der Waals surface area (Å²) in [5, 5.41) is 13.7. The summed E-state index contributed by atoms with van der Waals surface area (Å²) in [5.74, 6) is -0.336. The van der Waals surface area contributed by atoms with Gasteiger partial charge in [0.2, 0.25) is 5.91 Å². The number of rotatable bonds is 7. The van der Waals surface area contributed by atoms with Crippen molar-refractivity contribution in [3.63, 3.8) is 0 Å². The van der Waals surface area contributed by atoms with E-state index in [2.05, 4.69) is 19.2 Å². The molecule has 26 heavy (non-hydrogen) atoms. The number of nitrogens with one attached hydrogen (secondary N) is 1. The van der Waals surface area contributed by atoms with Crippen molar-refractivity contribution in [2.45, 2.75) is 83.8 Å². The zero-order chi connectivity index (χ0) is 18.7. The second-order valence-corrected chi connectivity index (χ2v) is 10.1. The number of primary amides is 1. The third-order valence-electron chi connectivity index (χ3n) is 9.11. The van der Waals surface area contributed by atoms with E-state index >= 15 is 0 Å². The molecule has 4 N–H and O–H groups in total. The summed E-state index contributed by atoms with van der Waals surface area (Å²) >= 11 is 0. The van der Waals surface area contributed by atoms with Gasteiger partial charge in [-0.05, 0) is 47.8 Å². The molecular formula is C21H34N2O3. The van der Waals surface area contributed by atoms with Gasteiger partial charge in [-0.15, -0.1) is 0 Å². The van der Waals surface area contributed by atoms with Crippen LogP contribution in [0, 0.1) is 28.1 Å². The molecule has 0 bridgehead atoms. The van der Waals surface area contributed by atoms with Gasteiger partial charge < -0.3 is 16.2 Å². The molecule has 4 aliphatic rings. The minimum Gasteiger partial charge on any atom is -0.383 e. The highest BCUT2D eigenvalue weighted by Gasteiger charge is 2.83. The van der Waals surface area contributed by atoms with E-state index in [1.54, 1.807) is 0 Å². The topological polar surface area (TPSA) is 92.4 Å². The van der Waals surface area contributed by atoms with Crippen LogP contribution in [0.5, 0.6) is 0 Å². The molecule has 1 heterocycles. The summed E-state index contributed by atoms with van der Waals surface area (Å²) in [7, 11) is 0. The van der Waals surface area contributed by atoms with Crippen LogP contribution in [0.25, 0.3) is 0 Å². The predicted octanol–water partition coefficient (Wildman–Crippen LogP) is 2.16. The van der Waals surface area contributed by atoms with Gasteiger partial charge in [-0.1, -0.05) is 39.5 Å². The second-order valence-electron chi connectivity index (χ2n) is 10.1. The Kier molecular flexibility index (Phi) is 4.27. The average Bonchev–Trinajstić information content (AvgIpc) is 2.81. The number of aliphatic hydroxyl groups is 1. The Hall–Kier alpha value is -0.940. The van der Waals surface area contributed by atoms with Crippen molar-refractivity contribution < 1.29 is 14.7 Å². The molecule has 1 amide bonds. The molecule has 1 aliphatic heterocycles. The normalized spacial score (nSPS) is 36.3. The molecule has 4 rings (SSSR count). The van der Waals surface area contributed by atoms with E-state index in [1.165, 1.54) is 25.7 Å². The third-order valence-corrected chi connectivity index (χ3v) is 9.11.